The Hall–Kier alpha value is -2.02. The summed E-state index contributed by atoms with van der Waals surface area (Å²) >= 11 is 3.64. The first-order valence-corrected chi connectivity index (χ1v) is 11.9. The van der Waals surface area contributed by atoms with E-state index in [2.05, 4.69) is 52.3 Å². The van der Waals surface area contributed by atoms with Gasteiger partial charge in [-0.1, -0.05) is 107 Å². The monoisotopic (exact) mass is 496 g/mol. The molecule has 3 aromatic carbocycles. The van der Waals surface area contributed by atoms with Gasteiger partial charge in [0.15, 0.2) is 0 Å². The van der Waals surface area contributed by atoms with Crippen LogP contribution in [0.5, 0.6) is 0 Å². The van der Waals surface area contributed by atoms with Crippen molar-refractivity contribution in [2.24, 2.45) is 0 Å². The second-order valence-corrected chi connectivity index (χ2v) is 8.94. The minimum absolute atomic E-state index is 0.106. The van der Waals surface area contributed by atoms with Crippen LogP contribution in [0.1, 0.15) is 23.1 Å². The molecule has 168 valence electrons. The second kappa shape index (κ2) is 12.3. The molecule has 32 heavy (non-hydrogen) atoms. The molecule has 1 saturated heterocycles. The van der Waals surface area contributed by atoms with E-state index in [-0.39, 0.29) is 23.3 Å². The molecule has 4 atom stereocenters. The van der Waals surface area contributed by atoms with E-state index in [1.54, 1.807) is 0 Å². The summed E-state index contributed by atoms with van der Waals surface area (Å²) in [6, 6.07) is 30.6. The van der Waals surface area contributed by atoms with Crippen molar-refractivity contribution in [3.05, 3.63) is 108 Å². The molecule has 0 aliphatic carbocycles. The highest BCUT2D eigenvalue weighted by Crippen LogP contribution is 2.30. The van der Waals surface area contributed by atoms with Crippen molar-refractivity contribution >= 4 is 15.9 Å². The molecular formula is C27H29BrO4. The fourth-order valence-corrected chi connectivity index (χ4v) is 4.45. The summed E-state index contributed by atoms with van der Waals surface area (Å²) in [4.78, 5) is 0. The Morgan fingerprint density at radius 3 is 1.75 bits per heavy atom. The maximum atomic E-state index is 6.38. The van der Waals surface area contributed by atoms with E-state index in [0.29, 0.717) is 32.8 Å². The van der Waals surface area contributed by atoms with Gasteiger partial charge < -0.3 is 18.9 Å². The molecule has 0 saturated carbocycles. The minimum atomic E-state index is -0.235. The molecule has 0 radical (unpaired) electrons. The maximum Gasteiger partial charge on any atom is 0.115 e. The van der Waals surface area contributed by atoms with Gasteiger partial charge in [0, 0.05) is 6.42 Å². The molecule has 1 aliphatic rings. The number of alkyl halides is 1. The fraction of sp³-hybridized carbons (Fsp3) is 0.333. The first-order chi connectivity index (χ1) is 15.8. The Morgan fingerprint density at radius 1 is 0.688 bits per heavy atom. The number of halogens is 1. The van der Waals surface area contributed by atoms with Gasteiger partial charge in [-0.2, -0.15) is 0 Å². The number of rotatable bonds is 10. The van der Waals surface area contributed by atoms with Crippen LogP contribution in [0, 0.1) is 0 Å². The van der Waals surface area contributed by atoms with Crippen molar-refractivity contribution < 1.29 is 18.9 Å². The van der Waals surface area contributed by atoms with Gasteiger partial charge in [0.1, 0.15) is 17.2 Å². The summed E-state index contributed by atoms with van der Waals surface area (Å²) < 4.78 is 24.9. The standard InChI is InChI=1S/C27H29BrO4/c28-26-16-24(30-18-22-12-6-2-7-13-22)27(31-19-23-14-8-3-9-15-23)25(32-26)20-29-17-21-10-4-1-5-11-21/h1-15,24-27H,16-20H2/t24-,25-,26+,27+/m1/s1. The average molecular weight is 497 g/mol. The van der Waals surface area contributed by atoms with Crippen LogP contribution in [0.25, 0.3) is 0 Å². The zero-order valence-corrected chi connectivity index (χ0v) is 19.6. The van der Waals surface area contributed by atoms with Crippen LogP contribution in [-0.2, 0) is 38.8 Å². The predicted molar refractivity (Wildman–Crippen MR) is 128 cm³/mol. The number of ether oxygens (including phenoxy) is 4. The zero-order chi connectivity index (χ0) is 22.0. The summed E-state index contributed by atoms with van der Waals surface area (Å²) in [6.07, 6.45) is 0.133. The van der Waals surface area contributed by atoms with Crippen LogP contribution in [0.15, 0.2) is 91.0 Å². The second-order valence-electron chi connectivity index (χ2n) is 7.92. The van der Waals surface area contributed by atoms with E-state index in [9.17, 15) is 0 Å². The lowest BCUT2D eigenvalue weighted by Crippen LogP contribution is -2.51. The Bertz CT molecular complexity index is 907. The summed E-state index contributed by atoms with van der Waals surface area (Å²) in [5, 5.41) is -0.106. The van der Waals surface area contributed by atoms with Crippen molar-refractivity contribution in [2.75, 3.05) is 6.61 Å². The molecule has 1 heterocycles. The van der Waals surface area contributed by atoms with E-state index >= 15 is 0 Å². The molecule has 1 fully saturated rings. The van der Waals surface area contributed by atoms with Crippen LogP contribution < -0.4 is 0 Å². The van der Waals surface area contributed by atoms with Gasteiger partial charge in [-0.15, -0.1) is 0 Å². The van der Waals surface area contributed by atoms with E-state index in [4.69, 9.17) is 18.9 Å². The van der Waals surface area contributed by atoms with Crippen molar-refractivity contribution in [1.29, 1.82) is 0 Å². The minimum Gasteiger partial charge on any atom is -0.374 e. The third kappa shape index (κ3) is 6.99. The highest BCUT2D eigenvalue weighted by atomic mass is 79.9. The number of benzene rings is 3. The van der Waals surface area contributed by atoms with Crippen molar-refractivity contribution in [2.45, 2.75) is 49.6 Å². The van der Waals surface area contributed by atoms with E-state index in [1.165, 1.54) is 0 Å². The quantitative estimate of drug-likeness (QED) is 0.328. The van der Waals surface area contributed by atoms with Gasteiger partial charge in [0.2, 0.25) is 0 Å². The Morgan fingerprint density at radius 2 is 1.19 bits per heavy atom. The first-order valence-electron chi connectivity index (χ1n) is 11.0. The maximum absolute atomic E-state index is 6.38. The number of hydrogen-bond acceptors (Lipinski definition) is 4. The predicted octanol–water partition coefficient (Wildman–Crippen LogP) is 5.88. The molecule has 3 aromatic rings. The van der Waals surface area contributed by atoms with Crippen molar-refractivity contribution in [3.8, 4) is 0 Å². The lowest BCUT2D eigenvalue weighted by Gasteiger charge is -2.40. The van der Waals surface area contributed by atoms with Gasteiger partial charge in [-0.3, -0.25) is 0 Å². The van der Waals surface area contributed by atoms with E-state index in [1.807, 2.05) is 54.6 Å². The molecule has 5 heteroatoms. The van der Waals surface area contributed by atoms with Crippen molar-refractivity contribution in [1.82, 2.24) is 0 Å². The molecule has 0 amide bonds. The van der Waals surface area contributed by atoms with Gasteiger partial charge in [0.25, 0.3) is 0 Å². The lowest BCUT2D eigenvalue weighted by molar-refractivity contribution is -0.203. The normalized spacial score (nSPS) is 23.2. The molecule has 0 aromatic heterocycles. The van der Waals surface area contributed by atoms with Crippen LogP contribution in [0.3, 0.4) is 0 Å². The van der Waals surface area contributed by atoms with Crippen LogP contribution in [0.4, 0.5) is 0 Å². The fourth-order valence-electron chi connectivity index (χ4n) is 3.80. The third-order valence-corrected chi connectivity index (χ3v) is 6.05. The van der Waals surface area contributed by atoms with Crippen LogP contribution >= 0.6 is 15.9 Å². The third-order valence-electron chi connectivity index (χ3n) is 5.46. The van der Waals surface area contributed by atoms with E-state index < -0.39 is 0 Å². The molecule has 0 bridgehead atoms. The Balaban J connectivity index is 1.42. The van der Waals surface area contributed by atoms with Crippen LogP contribution in [0.2, 0.25) is 0 Å². The van der Waals surface area contributed by atoms with Crippen molar-refractivity contribution in [3.63, 3.8) is 0 Å². The molecule has 0 spiro atoms. The van der Waals surface area contributed by atoms with E-state index in [0.717, 1.165) is 16.7 Å². The molecule has 1 aliphatic heterocycles. The molecule has 0 N–H and O–H groups in total. The van der Waals surface area contributed by atoms with Gasteiger partial charge in [0.05, 0.1) is 32.5 Å². The zero-order valence-electron chi connectivity index (χ0n) is 18.0. The lowest BCUT2D eigenvalue weighted by atomic mass is 10.0. The topological polar surface area (TPSA) is 36.9 Å². The summed E-state index contributed by atoms with van der Waals surface area (Å²) in [6.45, 7) is 2.01. The summed E-state index contributed by atoms with van der Waals surface area (Å²) in [7, 11) is 0. The first kappa shape index (κ1) is 23.1. The molecule has 0 unspecified atom stereocenters. The van der Waals surface area contributed by atoms with Gasteiger partial charge in [-0.25, -0.2) is 0 Å². The highest BCUT2D eigenvalue weighted by Gasteiger charge is 2.39. The highest BCUT2D eigenvalue weighted by molar-refractivity contribution is 9.09. The number of hydrogen-bond donors (Lipinski definition) is 0. The molecular weight excluding hydrogens is 468 g/mol. The SMILES string of the molecule is Br[C@@H]1C[C@@H](OCc2ccccc2)[C@H](OCc2ccccc2)[C@@H](COCc2ccccc2)O1. The Kier molecular flexibility index (Phi) is 8.88. The largest absolute Gasteiger partial charge is 0.374 e. The average Bonchev–Trinajstić information content (AvgIpc) is 2.84. The van der Waals surface area contributed by atoms with Crippen LogP contribution in [-0.4, -0.2) is 29.9 Å². The Labute approximate surface area is 198 Å². The van der Waals surface area contributed by atoms with Gasteiger partial charge >= 0.3 is 0 Å². The summed E-state index contributed by atoms with van der Waals surface area (Å²) in [5.74, 6) is 0. The molecule has 4 rings (SSSR count). The molecule has 4 nitrogen and oxygen atoms in total. The summed E-state index contributed by atoms with van der Waals surface area (Å²) in [5.41, 5.74) is 3.40. The smallest absolute Gasteiger partial charge is 0.115 e. The van der Waals surface area contributed by atoms with Gasteiger partial charge in [-0.05, 0) is 16.7 Å².